The first-order valence-corrected chi connectivity index (χ1v) is 3.54. The zero-order valence-corrected chi connectivity index (χ0v) is 7.58. The number of nitrogens with zero attached hydrogens (tertiary/aromatic N) is 1. The van der Waals surface area contributed by atoms with Gasteiger partial charge in [-0.1, -0.05) is 19.8 Å². The third-order valence-electron chi connectivity index (χ3n) is 1.12. The molecule has 0 saturated heterocycles. The maximum absolute atomic E-state index is 5.32. The van der Waals surface area contributed by atoms with Crippen molar-refractivity contribution in [3.05, 3.63) is 0 Å². The molecule has 2 nitrogen and oxygen atoms in total. The Kier molecular flexibility index (Phi) is 10.9. The van der Waals surface area contributed by atoms with Gasteiger partial charge in [0.05, 0.1) is 5.84 Å². The first kappa shape index (κ1) is 12.4. The lowest BCUT2D eigenvalue weighted by Crippen LogP contribution is -2.05. The molecule has 0 aromatic heterocycles. The summed E-state index contributed by atoms with van der Waals surface area (Å²) < 4.78 is 0. The van der Waals surface area contributed by atoms with Crippen LogP contribution in [-0.4, -0.2) is 12.4 Å². The van der Waals surface area contributed by atoms with Gasteiger partial charge in [0.15, 0.2) is 0 Å². The van der Waals surface area contributed by atoms with E-state index < -0.39 is 0 Å². The number of nitrogens with two attached hydrogens (primary N) is 1. The maximum atomic E-state index is 5.32. The van der Waals surface area contributed by atoms with Gasteiger partial charge in [-0.15, -0.1) is 12.4 Å². The Hall–Kier alpha value is -0.240. The van der Waals surface area contributed by atoms with Crippen LogP contribution in [0.15, 0.2) is 4.99 Å². The van der Waals surface area contributed by atoms with E-state index in [1.807, 2.05) is 6.92 Å². The zero-order valence-electron chi connectivity index (χ0n) is 6.76. The van der Waals surface area contributed by atoms with Gasteiger partial charge >= 0.3 is 0 Å². The molecule has 0 radical (unpaired) electrons. The second-order valence-corrected chi connectivity index (χ2v) is 2.23. The van der Waals surface area contributed by atoms with Crippen molar-refractivity contribution in [2.24, 2.45) is 10.7 Å². The third kappa shape index (κ3) is 10.7. The molecule has 3 heteroatoms. The summed E-state index contributed by atoms with van der Waals surface area (Å²) in [6, 6.07) is 0. The van der Waals surface area contributed by atoms with Gasteiger partial charge in [0, 0.05) is 6.54 Å². The molecule has 62 valence electrons. The lowest BCUT2D eigenvalue weighted by atomic mass is 10.2. The molecule has 0 saturated carbocycles. The molecule has 0 atom stereocenters. The summed E-state index contributed by atoms with van der Waals surface area (Å²) in [6.45, 7) is 4.90. The van der Waals surface area contributed by atoms with Crippen molar-refractivity contribution in [3.8, 4) is 0 Å². The van der Waals surface area contributed by atoms with Crippen LogP contribution in [0.4, 0.5) is 0 Å². The first-order valence-electron chi connectivity index (χ1n) is 3.54. The van der Waals surface area contributed by atoms with Crippen LogP contribution in [0.25, 0.3) is 0 Å². The summed E-state index contributed by atoms with van der Waals surface area (Å²) in [5.41, 5.74) is 5.32. The van der Waals surface area contributed by atoms with Crippen LogP contribution < -0.4 is 5.73 Å². The molecule has 10 heavy (non-hydrogen) atoms. The monoisotopic (exact) mass is 164 g/mol. The maximum Gasteiger partial charge on any atom is 0.0905 e. The summed E-state index contributed by atoms with van der Waals surface area (Å²) in [5.74, 6) is 0.700. The van der Waals surface area contributed by atoms with E-state index in [4.69, 9.17) is 5.73 Å². The smallest absolute Gasteiger partial charge is 0.0905 e. The average Bonchev–Trinajstić information content (AvgIpc) is 1.80. The quantitative estimate of drug-likeness (QED) is 0.385. The SMILES string of the molecule is CCCCCN=C(C)N.Cl. The van der Waals surface area contributed by atoms with Gasteiger partial charge in [0.1, 0.15) is 0 Å². The van der Waals surface area contributed by atoms with Crippen LogP contribution in [0.2, 0.25) is 0 Å². The van der Waals surface area contributed by atoms with E-state index in [1.165, 1.54) is 19.3 Å². The number of aliphatic imine (C=N–C) groups is 1. The van der Waals surface area contributed by atoms with E-state index in [9.17, 15) is 0 Å². The molecule has 0 bridgehead atoms. The third-order valence-corrected chi connectivity index (χ3v) is 1.12. The van der Waals surface area contributed by atoms with Crippen molar-refractivity contribution in [2.45, 2.75) is 33.1 Å². The molecule has 0 fully saturated rings. The molecule has 0 aliphatic rings. The summed E-state index contributed by atoms with van der Waals surface area (Å²) in [7, 11) is 0. The minimum absolute atomic E-state index is 0. The van der Waals surface area contributed by atoms with Crippen molar-refractivity contribution in [3.63, 3.8) is 0 Å². The van der Waals surface area contributed by atoms with Gasteiger partial charge in [-0.3, -0.25) is 4.99 Å². The lowest BCUT2D eigenvalue weighted by Gasteiger charge is -1.92. The van der Waals surface area contributed by atoms with Crippen LogP contribution in [0, 0.1) is 0 Å². The highest BCUT2D eigenvalue weighted by atomic mass is 35.5. The molecule has 0 rings (SSSR count). The van der Waals surface area contributed by atoms with Crippen molar-refractivity contribution in [2.75, 3.05) is 6.54 Å². The van der Waals surface area contributed by atoms with Crippen molar-refractivity contribution in [1.82, 2.24) is 0 Å². The number of hydrogen-bond donors (Lipinski definition) is 1. The predicted molar refractivity (Wildman–Crippen MR) is 48.9 cm³/mol. The topological polar surface area (TPSA) is 38.4 Å². The number of rotatable bonds is 4. The molecule has 2 N–H and O–H groups in total. The Labute approximate surface area is 69.3 Å². The molecule has 0 unspecified atom stereocenters. The second-order valence-electron chi connectivity index (χ2n) is 2.23. The number of amidine groups is 1. The summed E-state index contributed by atoms with van der Waals surface area (Å²) >= 11 is 0. The Morgan fingerprint density at radius 1 is 1.40 bits per heavy atom. The number of unbranched alkanes of at least 4 members (excludes halogenated alkanes) is 2. The van der Waals surface area contributed by atoms with Gasteiger partial charge in [0.2, 0.25) is 0 Å². The fourth-order valence-electron chi connectivity index (χ4n) is 0.617. The minimum Gasteiger partial charge on any atom is -0.388 e. The Morgan fingerprint density at radius 2 is 2.00 bits per heavy atom. The second kappa shape index (κ2) is 8.76. The van der Waals surface area contributed by atoms with Crippen molar-refractivity contribution < 1.29 is 0 Å². The Morgan fingerprint density at radius 3 is 2.40 bits per heavy atom. The molecular weight excluding hydrogens is 148 g/mol. The average molecular weight is 165 g/mol. The van der Waals surface area contributed by atoms with Crippen LogP contribution in [0.5, 0.6) is 0 Å². The molecule has 0 aromatic carbocycles. The molecule has 0 heterocycles. The summed E-state index contributed by atoms with van der Waals surface area (Å²) in [6.07, 6.45) is 3.68. The first-order chi connectivity index (χ1) is 4.27. The van der Waals surface area contributed by atoms with E-state index in [2.05, 4.69) is 11.9 Å². The summed E-state index contributed by atoms with van der Waals surface area (Å²) in [5, 5.41) is 0. The highest BCUT2D eigenvalue weighted by molar-refractivity contribution is 5.85. The number of hydrogen-bond acceptors (Lipinski definition) is 1. The van der Waals surface area contributed by atoms with E-state index in [0.29, 0.717) is 5.84 Å². The molecule has 0 aromatic rings. The zero-order chi connectivity index (χ0) is 7.11. The van der Waals surface area contributed by atoms with Crippen molar-refractivity contribution in [1.29, 1.82) is 0 Å². The van der Waals surface area contributed by atoms with Gasteiger partial charge in [0.25, 0.3) is 0 Å². The van der Waals surface area contributed by atoms with Gasteiger partial charge in [-0.25, -0.2) is 0 Å². The van der Waals surface area contributed by atoms with Crippen molar-refractivity contribution >= 4 is 18.2 Å². The number of halogens is 1. The fourth-order valence-corrected chi connectivity index (χ4v) is 0.617. The molecule has 0 amide bonds. The lowest BCUT2D eigenvalue weighted by molar-refractivity contribution is 0.727. The van der Waals surface area contributed by atoms with Crippen LogP contribution in [-0.2, 0) is 0 Å². The van der Waals surface area contributed by atoms with E-state index in [1.54, 1.807) is 0 Å². The standard InChI is InChI=1S/C7H16N2.ClH/c1-3-4-5-6-9-7(2)8;/h3-6H2,1-2H3,(H2,8,9);1H. The molecule has 0 spiro atoms. The Bertz CT molecular complexity index is 87.6. The van der Waals surface area contributed by atoms with E-state index in [-0.39, 0.29) is 12.4 Å². The largest absolute Gasteiger partial charge is 0.388 e. The van der Waals surface area contributed by atoms with Gasteiger partial charge in [-0.2, -0.15) is 0 Å². The van der Waals surface area contributed by atoms with Crippen LogP contribution in [0.1, 0.15) is 33.1 Å². The molecule has 0 aliphatic carbocycles. The summed E-state index contributed by atoms with van der Waals surface area (Å²) in [4.78, 5) is 4.06. The van der Waals surface area contributed by atoms with E-state index >= 15 is 0 Å². The molecule has 0 aliphatic heterocycles. The fraction of sp³-hybridized carbons (Fsp3) is 0.857. The minimum atomic E-state index is 0. The predicted octanol–water partition coefficient (Wildman–Crippen LogP) is 1.98. The van der Waals surface area contributed by atoms with E-state index in [0.717, 1.165) is 6.54 Å². The van der Waals surface area contributed by atoms with Crippen LogP contribution >= 0.6 is 12.4 Å². The normalized spacial score (nSPS) is 10.8. The van der Waals surface area contributed by atoms with Gasteiger partial charge < -0.3 is 5.73 Å². The molecular formula is C7H17ClN2. The highest BCUT2D eigenvalue weighted by Gasteiger charge is 1.82. The Balaban J connectivity index is 0. The highest BCUT2D eigenvalue weighted by Crippen LogP contribution is 1.92. The van der Waals surface area contributed by atoms with Crippen LogP contribution in [0.3, 0.4) is 0 Å². The van der Waals surface area contributed by atoms with Gasteiger partial charge in [-0.05, 0) is 13.3 Å².